The number of rotatable bonds is 6. The largest absolute Gasteiger partial charge is 1.00 e. The van der Waals surface area contributed by atoms with Gasteiger partial charge >= 0.3 is 5.97 Å². The van der Waals surface area contributed by atoms with Crippen LogP contribution in [0, 0.1) is 0 Å². The summed E-state index contributed by atoms with van der Waals surface area (Å²) in [5.74, 6) is -1.68. The Kier molecular flexibility index (Phi) is 8.09. The van der Waals surface area contributed by atoms with Gasteiger partial charge in [-0.05, 0) is 18.6 Å². The van der Waals surface area contributed by atoms with Crippen LogP contribution in [0.4, 0.5) is 0 Å². The van der Waals surface area contributed by atoms with Crippen molar-refractivity contribution >= 4 is 23.9 Å². The number of allylic oxidation sites excluding steroid dienone is 1. The minimum Gasteiger partial charge on any atom is -1.00 e. The van der Waals surface area contributed by atoms with Crippen molar-refractivity contribution in [3.63, 3.8) is 0 Å². The molecule has 7 nitrogen and oxygen atoms in total. The number of hydrogen-bond donors (Lipinski definition) is 4. The van der Waals surface area contributed by atoms with E-state index in [1.807, 2.05) is 19.3 Å². The number of benzene rings is 1. The van der Waals surface area contributed by atoms with Crippen LogP contribution in [-0.2, 0) is 4.74 Å². The van der Waals surface area contributed by atoms with Crippen molar-refractivity contribution in [3.05, 3.63) is 30.0 Å². The maximum atomic E-state index is 11.8. The molecule has 0 aromatic heterocycles. The van der Waals surface area contributed by atoms with Gasteiger partial charge in [0.05, 0.1) is 25.4 Å². The summed E-state index contributed by atoms with van der Waals surface area (Å²) in [6.45, 7) is 0.222. The molecule has 0 bridgehead atoms. The summed E-state index contributed by atoms with van der Waals surface area (Å²) >= 11 is 1.67. The number of nitrogens with one attached hydrogen (secondary N) is 1. The normalized spacial score (nSPS) is 18.9. The molecule has 0 saturated heterocycles. The maximum absolute atomic E-state index is 11.8. The standard InChI is InChI=1S/C15H18N2O5S.BrH/c1-17-5-2-4-16-15(17)23-7-3-6-22-14(21)10-8-11(18)13(20)12(19)9-10;/h2,4-5,8-9,15,18-20H,3,6-7H2,1H3;1H. The minimum atomic E-state index is -0.665. The Hall–Kier alpha value is -1.71. The molecule has 1 aromatic rings. The van der Waals surface area contributed by atoms with Gasteiger partial charge in [0.15, 0.2) is 17.2 Å². The van der Waals surface area contributed by atoms with E-state index in [0.29, 0.717) is 6.42 Å². The zero-order valence-corrected chi connectivity index (χ0v) is 15.4. The number of quaternary nitrogens is 1. The number of carbonyl (C=O) groups is 1. The van der Waals surface area contributed by atoms with Crippen LogP contribution in [0.15, 0.2) is 29.4 Å². The number of aromatic hydroxyl groups is 3. The molecule has 0 fully saturated rings. The predicted molar refractivity (Wildman–Crippen MR) is 87.1 cm³/mol. The summed E-state index contributed by atoms with van der Waals surface area (Å²) in [6, 6.07) is 2.10. The Labute approximate surface area is 154 Å². The second-order valence-corrected chi connectivity index (χ2v) is 6.17. The molecule has 1 aromatic carbocycles. The summed E-state index contributed by atoms with van der Waals surface area (Å²) in [5.41, 5.74) is 0.0957. The lowest BCUT2D eigenvalue weighted by molar-refractivity contribution is -0.835. The van der Waals surface area contributed by atoms with E-state index in [4.69, 9.17) is 4.74 Å². The van der Waals surface area contributed by atoms with E-state index in [-0.39, 0.29) is 34.6 Å². The monoisotopic (exact) mass is 418 g/mol. The first-order valence-electron chi connectivity index (χ1n) is 7.06. The second kappa shape index (κ2) is 9.55. The Morgan fingerprint density at radius 3 is 2.62 bits per heavy atom. The van der Waals surface area contributed by atoms with Crippen molar-refractivity contribution in [2.45, 2.75) is 11.9 Å². The van der Waals surface area contributed by atoms with Crippen LogP contribution < -0.4 is 21.9 Å². The molecule has 1 heterocycles. The van der Waals surface area contributed by atoms with Crippen molar-refractivity contribution in [1.29, 1.82) is 0 Å². The number of thioether (sulfide) groups is 1. The van der Waals surface area contributed by atoms with Gasteiger partial charge in [0.2, 0.25) is 5.50 Å². The molecule has 24 heavy (non-hydrogen) atoms. The highest BCUT2D eigenvalue weighted by atomic mass is 79.9. The van der Waals surface area contributed by atoms with Crippen LogP contribution in [0.3, 0.4) is 0 Å². The lowest BCUT2D eigenvalue weighted by Gasteiger charge is -2.18. The van der Waals surface area contributed by atoms with Crippen molar-refractivity contribution in [3.8, 4) is 17.2 Å². The topological polar surface area (TPSA) is 104 Å². The number of ether oxygens (including phenoxy) is 1. The molecular formula is C15H19BrN2O5S. The molecule has 1 aliphatic heterocycles. The minimum absolute atomic E-state index is 0. The van der Waals surface area contributed by atoms with Crippen LogP contribution in [0.5, 0.6) is 17.2 Å². The summed E-state index contributed by atoms with van der Waals surface area (Å²) in [7, 11) is 2.02. The molecule has 0 spiro atoms. The van der Waals surface area contributed by atoms with E-state index in [1.165, 1.54) is 4.90 Å². The van der Waals surface area contributed by atoms with E-state index in [9.17, 15) is 20.1 Å². The molecule has 0 saturated carbocycles. The third-order valence-corrected chi connectivity index (χ3v) is 4.49. The number of phenolic OH excluding ortho intramolecular Hbond substituents is 3. The second-order valence-electron chi connectivity index (χ2n) is 4.98. The van der Waals surface area contributed by atoms with Gasteiger partial charge in [0.1, 0.15) is 0 Å². The van der Waals surface area contributed by atoms with Crippen molar-refractivity contribution < 1.29 is 46.7 Å². The molecular weight excluding hydrogens is 400 g/mol. The van der Waals surface area contributed by atoms with E-state index < -0.39 is 23.2 Å². The maximum Gasteiger partial charge on any atom is 0.338 e. The van der Waals surface area contributed by atoms with E-state index in [0.717, 1.165) is 17.9 Å². The highest BCUT2D eigenvalue weighted by molar-refractivity contribution is 7.99. The lowest BCUT2D eigenvalue weighted by Crippen LogP contribution is -3.08. The molecule has 4 N–H and O–H groups in total. The lowest BCUT2D eigenvalue weighted by atomic mass is 10.2. The van der Waals surface area contributed by atoms with Gasteiger partial charge in [-0.1, -0.05) is 11.8 Å². The van der Waals surface area contributed by atoms with Crippen molar-refractivity contribution in [1.82, 2.24) is 0 Å². The molecule has 0 amide bonds. The molecule has 9 heteroatoms. The molecule has 2 rings (SSSR count). The Balaban J connectivity index is 0.00000288. The molecule has 0 radical (unpaired) electrons. The first-order valence-corrected chi connectivity index (χ1v) is 8.11. The highest BCUT2D eigenvalue weighted by Crippen LogP contribution is 2.35. The zero-order chi connectivity index (χ0) is 16.8. The van der Waals surface area contributed by atoms with Gasteiger partial charge < -0.3 is 37.0 Å². The Morgan fingerprint density at radius 1 is 1.33 bits per heavy atom. The fraction of sp³-hybridized carbons (Fsp3) is 0.333. The van der Waals surface area contributed by atoms with Gasteiger partial charge in [-0.15, -0.1) is 0 Å². The van der Waals surface area contributed by atoms with Crippen LogP contribution >= 0.6 is 11.8 Å². The molecule has 1 aliphatic rings. The SMILES string of the molecule is C[NH+]1C=CC=NC1SCCCOC(=O)c1cc(O)c(O)c(O)c1.[Br-]. The number of halogens is 1. The molecule has 132 valence electrons. The van der Waals surface area contributed by atoms with E-state index in [2.05, 4.69) is 4.99 Å². The summed E-state index contributed by atoms with van der Waals surface area (Å²) in [5, 5.41) is 28.0. The molecule has 2 unspecified atom stereocenters. The fourth-order valence-corrected chi connectivity index (χ4v) is 2.93. The summed E-state index contributed by atoms with van der Waals surface area (Å²) in [6.07, 6.45) is 6.36. The molecule has 0 aliphatic carbocycles. The average molecular weight is 419 g/mol. The van der Waals surface area contributed by atoms with E-state index >= 15 is 0 Å². The number of nitrogens with zero attached hydrogens (tertiary/aromatic N) is 1. The van der Waals surface area contributed by atoms with Crippen LogP contribution in [0.2, 0.25) is 0 Å². The third kappa shape index (κ3) is 5.43. The van der Waals surface area contributed by atoms with Gasteiger partial charge in [-0.3, -0.25) is 4.90 Å². The van der Waals surface area contributed by atoms with Crippen LogP contribution in [0.25, 0.3) is 0 Å². The first kappa shape index (κ1) is 20.3. The Morgan fingerprint density at radius 2 is 2.00 bits per heavy atom. The number of esters is 1. The van der Waals surface area contributed by atoms with Crippen molar-refractivity contribution in [2.24, 2.45) is 4.99 Å². The Bertz CT molecular complexity index is 615. The summed E-state index contributed by atoms with van der Waals surface area (Å²) in [4.78, 5) is 17.3. The summed E-state index contributed by atoms with van der Waals surface area (Å²) < 4.78 is 5.08. The smallest absolute Gasteiger partial charge is 0.338 e. The fourth-order valence-electron chi connectivity index (χ4n) is 1.92. The van der Waals surface area contributed by atoms with E-state index in [1.54, 1.807) is 18.0 Å². The number of hydrogen-bond acceptors (Lipinski definition) is 7. The zero-order valence-electron chi connectivity index (χ0n) is 13.0. The van der Waals surface area contributed by atoms with Gasteiger partial charge in [0, 0.05) is 18.0 Å². The first-order chi connectivity index (χ1) is 11.0. The van der Waals surface area contributed by atoms with Crippen LogP contribution in [0.1, 0.15) is 16.8 Å². The number of aliphatic imine (C=N–C) groups is 1. The quantitative estimate of drug-likeness (QED) is 0.231. The third-order valence-electron chi connectivity index (χ3n) is 3.16. The molecule has 2 atom stereocenters. The van der Waals surface area contributed by atoms with Gasteiger partial charge in [-0.2, -0.15) is 0 Å². The average Bonchev–Trinajstić information content (AvgIpc) is 2.53. The predicted octanol–water partition coefficient (Wildman–Crippen LogP) is -2.52. The van der Waals surface area contributed by atoms with Crippen LogP contribution in [-0.4, -0.2) is 52.4 Å². The highest BCUT2D eigenvalue weighted by Gasteiger charge is 2.17. The number of phenols is 3. The van der Waals surface area contributed by atoms with Gasteiger partial charge in [-0.25, -0.2) is 9.79 Å². The van der Waals surface area contributed by atoms with Crippen molar-refractivity contribution in [2.75, 3.05) is 19.4 Å². The number of carbonyl (C=O) groups excluding carboxylic acids is 1. The van der Waals surface area contributed by atoms with Gasteiger partial charge in [0.25, 0.3) is 0 Å².